The fraction of sp³-hybridized carbons (Fsp3) is 0.174. The highest BCUT2D eigenvalue weighted by Crippen LogP contribution is 2.23. The number of hydrogen-bond donors (Lipinski definition) is 1. The van der Waals surface area contributed by atoms with Gasteiger partial charge in [-0.25, -0.2) is 19.0 Å². The third kappa shape index (κ3) is 5.53. The van der Waals surface area contributed by atoms with Gasteiger partial charge in [0.15, 0.2) is 10.9 Å². The average molecular weight is 465 g/mol. The molecule has 2 aromatic heterocycles. The van der Waals surface area contributed by atoms with Gasteiger partial charge in [-0.2, -0.15) is 0 Å². The zero-order chi connectivity index (χ0) is 23.0. The lowest BCUT2D eigenvalue weighted by Gasteiger charge is -2.10. The number of carbonyl (C=O) groups is 1. The number of para-hydroxylation sites is 1. The monoisotopic (exact) mass is 464 g/mol. The highest BCUT2D eigenvalue weighted by molar-refractivity contribution is 7.98. The molecular weight excluding hydrogens is 443 g/mol. The summed E-state index contributed by atoms with van der Waals surface area (Å²) in [5.41, 5.74) is 2.35. The summed E-state index contributed by atoms with van der Waals surface area (Å²) < 4.78 is 20.3. The van der Waals surface area contributed by atoms with Crippen LogP contribution in [0.3, 0.4) is 0 Å². The second-order valence-corrected chi connectivity index (χ2v) is 7.85. The molecule has 168 valence electrons. The molecule has 10 heteroatoms. The Morgan fingerprint density at radius 1 is 1.09 bits per heavy atom. The van der Waals surface area contributed by atoms with Crippen LogP contribution in [0, 0.1) is 5.82 Å². The van der Waals surface area contributed by atoms with Crippen LogP contribution in [0.1, 0.15) is 21.7 Å². The van der Waals surface area contributed by atoms with Crippen molar-refractivity contribution in [2.24, 2.45) is 0 Å². The highest BCUT2D eigenvalue weighted by Gasteiger charge is 2.21. The lowest BCUT2D eigenvalue weighted by Crippen LogP contribution is -2.27. The molecule has 4 rings (SSSR count). The minimum absolute atomic E-state index is 0.197. The van der Waals surface area contributed by atoms with Crippen LogP contribution in [0.4, 0.5) is 4.39 Å². The van der Waals surface area contributed by atoms with Crippen LogP contribution in [0.15, 0.2) is 72.1 Å². The van der Waals surface area contributed by atoms with E-state index in [1.807, 2.05) is 24.3 Å². The molecule has 0 saturated carbocycles. The lowest BCUT2D eigenvalue weighted by molar-refractivity contribution is 0.0948. The van der Waals surface area contributed by atoms with E-state index in [9.17, 15) is 9.18 Å². The smallest absolute Gasteiger partial charge is 0.273 e. The van der Waals surface area contributed by atoms with E-state index in [1.165, 1.54) is 28.6 Å². The molecule has 8 nitrogen and oxygen atoms in total. The van der Waals surface area contributed by atoms with Gasteiger partial charge in [-0.15, -0.1) is 5.10 Å². The van der Waals surface area contributed by atoms with Crippen molar-refractivity contribution < 1.29 is 13.9 Å². The van der Waals surface area contributed by atoms with Gasteiger partial charge in [-0.05, 0) is 48.4 Å². The number of benzene rings is 2. The Morgan fingerprint density at radius 2 is 1.85 bits per heavy atom. The molecule has 33 heavy (non-hydrogen) atoms. The number of nitrogens with one attached hydrogen (secondary N) is 1. The normalized spacial score (nSPS) is 10.7. The second kappa shape index (κ2) is 10.7. The first-order valence-corrected chi connectivity index (χ1v) is 11.1. The number of nitrogens with zero attached hydrogens (tertiary/aromatic N) is 5. The molecule has 4 aromatic rings. The van der Waals surface area contributed by atoms with Crippen LogP contribution in [-0.2, 0) is 12.2 Å². The molecule has 2 aromatic carbocycles. The first-order valence-electron chi connectivity index (χ1n) is 10.2. The van der Waals surface area contributed by atoms with Gasteiger partial charge >= 0.3 is 0 Å². The summed E-state index contributed by atoms with van der Waals surface area (Å²) in [6.45, 7) is 0.400. The van der Waals surface area contributed by atoms with E-state index in [4.69, 9.17) is 4.74 Å². The van der Waals surface area contributed by atoms with Gasteiger partial charge in [0.2, 0.25) is 0 Å². The van der Waals surface area contributed by atoms with E-state index in [0.717, 1.165) is 11.3 Å². The van der Waals surface area contributed by atoms with Crippen molar-refractivity contribution in [3.05, 3.63) is 89.8 Å². The summed E-state index contributed by atoms with van der Waals surface area (Å²) in [6.07, 6.45) is 3.90. The Morgan fingerprint density at radius 3 is 2.61 bits per heavy atom. The van der Waals surface area contributed by atoms with Gasteiger partial charge in [-0.3, -0.25) is 4.79 Å². The Labute approximate surface area is 194 Å². The maximum Gasteiger partial charge on any atom is 0.273 e. The predicted octanol–water partition coefficient (Wildman–Crippen LogP) is 3.47. The number of halogens is 1. The molecule has 0 aliphatic heterocycles. The van der Waals surface area contributed by atoms with Crippen molar-refractivity contribution in [3.8, 4) is 11.4 Å². The molecule has 0 aliphatic carbocycles. The van der Waals surface area contributed by atoms with Gasteiger partial charge in [0, 0.05) is 24.7 Å². The fourth-order valence-electron chi connectivity index (χ4n) is 3.19. The molecule has 0 radical (unpaired) electrons. The maximum absolute atomic E-state index is 13.4. The number of rotatable bonds is 9. The van der Waals surface area contributed by atoms with E-state index in [2.05, 4.69) is 25.6 Å². The van der Waals surface area contributed by atoms with Crippen molar-refractivity contribution in [2.45, 2.75) is 17.3 Å². The lowest BCUT2D eigenvalue weighted by atomic mass is 10.1. The Bertz CT molecular complexity index is 1220. The number of amides is 1. The predicted molar refractivity (Wildman–Crippen MR) is 122 cm³/mol. The molecule has 0 atom stereocenters. The highest BCUT2D eigenvalue weighted by atomic mass is 32.2. The van der Waals surface area contributed by atoms with Crippen LogP contribution in [0.5, 0.6) is 5.75 Å². The standard InChI is InChI=1S/C23H21FN6O2S/c1-32-20-6-3-2-5-16(20)11-14-25-22(31)21-19(15-33-23-26-12-4-13-27-23)30(29-28-21)18-9-7-17(24)8-10-18/h2-10,12-13H,11,14-15H2,1H3,(H,25,31). The van der Waals surface area contributed by atoms with Crippen molar-refractivity contribution in [1.82, 2.24) is 30.3 Å². The van der Waals surface area contributed by atoms with E-state index < -0.39 is 0 Å². The first kappa shape index (κ1) is 22.4. The van der Waals surface area contributed by atoms with Gasteiger partial charge in [-0.1, -0.05) is 35.2 Å². The molecule has 1 N–H and O–H groups in total. The number of ether oxygens (including phenoxy) is 1. The topological polar surface area (TPSA) is 94.8 Å². The third-order valence-corrected chi connectivity index (χ3v) is 5.69. The SMILES string of the molecule is COc1ccccc1CCNC(=O)c1nnn(-c2ccc(F)cc2)c1CSc1ncccn1. The molecule has 0 saturated heterocycles. The summed E-state index contributed by atoms with van der Waals surface area (Å²) in [5.74, 6) is 0.419. The number of methoxy groups -OCH3 is 1. The van der Waals surface area contributed by atoms with Crippen molar-refractivity contribution in [3.63, 3.8) is 0 Å². The second-order valence-electron chi connectivity index (χ2n) is 6.91. The number of aromatic nitrogens is 5. The van der Waals surface area contributed by atoms with Gasteiger partial charge in [0.1, 0.15) is 11.6 Å². The molecular formula is C23H21FN6O2S. The largest absolute Gasteiger partial charge is 0.496 e. The Kier molecular flexibility index (Phi) is 7.26. The summed E-state index contributed by atoms with van der Waals surface area (Å²) in [5, 5.41) is 11.7. The van der Waals surface area contributed by atoms with Gasteiger partial charge in [0.05, 0.1) is 18.5 Å². The first-order chi connectivity index (χ1) is 16.2. The van der Waals surface area contributed by atoms with E-state index in [1.54, 1.807) is 37.7 Å². The van der Waals surface area contributed by atoms with Crippen LogP contribution >= 0.6 is 11.8 Å². The Balaban J connectivity index is 1.53. The number of thioether (sulfide) groups is 1. The van der Waals surface area contributed by atoms with Crippen LogP contribution in [-0.4, -0.2) is 44.5 Å². The minimum atomic E-state index is -0.359. The zero-order valence-electron chi connectivity index (χ0n) is 17.8. The Hall–Kier alpha value is -3.79. The molecule has 0 aliphatic rings. The fourth-order valence-corrected chi connectivity index (χ4v) is 3.99. The van der Waals surface area contributed by atoms with Crippen molar-refractivity contribution >= 4 is 17.7 Å². The summed E-state index contributed by atoms with van der Waals surface area (Å²) in [7, 11) is 1.62. The third-order valence-electron chi connectivity index (χ3n) is 4.80. The average Bonchev–Trinajstić information content (AvgIpc) is 3.28. The van der Waals surface area contributed by atoms with Crippen molar-refractivity contribution in [1.29, 1.82) is 0 Å². The van der Waals surface area contributed by atoms with Crippen LogP contribution in [0.2, 0.25) is 0 Å². The number of carbonyl (C=O) groups excluding carboxylic acids is 1. The minimum Gasteiger partial charge on any atom is -0.496 e. The van der Waals surface area contributed by atoms with Gasteiger partial charge in [0.25, 0.3) is 5.91 Å². The summed E-state index contributed by atoms with van der Waals surface area (Å²) in [6, 6.07) is 15.2. The summed E-state index contributed by atoms with van der Waals surface area (Å²) >= 11 is 1.35. The molecule has 0 fully saturated rings. The van der Waals surface area contributed by atoms with E-state index >= 15 is 0 Å². The van der Waals surface area contributed by atoms with E-state index in [-0.39, 0.29) is 17.4 Å². The van der Waals surface area contributed by atoms with Gasteiger partial charge < -0.3 is 10.1 Å². The maximum atomic E-state index is 13.4. The molecule has 0 bridgehead atoms. The molecule has 1 amide bonds. The van der Waals surface area contributed by atoms with E-state index in [0.29, 0.717) is 35.3 Å². The molecule has 0 spiro atoms. The zero-order valence-corrected chi connectivity index (χ0v) is 18.6. The number of hydrogen-bond acceptors (Lipinski definition) is 7. The quantitative estimate of drug-likeness (QED) is 0.299. The molecule has 2 heterocycles. The summed E-state index contributed by atoms with van der Waals surface area (Å²) in [4.78, 5) is 21.4. The molecule has 0 unspecified atom stereocenters. The van der Waals surface area contributed by atoms with Crippen LogP contribution < -0.4 is 10.1 Å². The van der Waals surface area contributed by atoms with Crippen molar-refractivity contribution in [2.75, 3.05) is 13.7 Å². The van der Waals surface area contributed by atoms with Crippen LogP contribution in [0.25, 0.3) is 5.69 Å².